The van der Waals surface area contributed by atoms with E-state index in [1.54, 1.807) is 4.90 Å². The molecule has 1 fully saturated rings. The Kier molecular flexibility index (Phi) is 6.62. The summed E-state index contributed by atoms with van der Waals surface area (Å²) in [5.74, 6) is 1.03. The Morgan fingerprint density at radius 1 is 0.933 bits per heavy atom. The van der Waals surface area contributed by atoms with Crippen LogP contribution in [0.2, 0.25) is 0 Å². The lowest BCUT2D eigenvalue weighted by molar-refractivity contribution is -1.02. The van der Waals surface area contributed by atoms with Gasteiger partial charge in [0.15, 0.2) is 6.04 Å². The zero-order valence-corrected chi connectivity index (χ0v) is 17.6. The maximum Gasteiger partial charge on any atom is 0.282 e. The zero-order chi connectivity index (χ0) is 20.8. The van der Waals surface area contributed by atoms with Crippen LogP contribution in [0.3, 0.4) is 0 Å². The average Bonchev–Trinajstić information content (AvgIpc) is 2.80. The molecule has 5 nitrogen and oxygen atoms in total. The summed E-state index contributed by atoms with van der Waals surface area (Å²) in [6.45, 7) is 7.91. The summed E-state index contributed by atoms with van der Waals surface area (Å²) in [4.78, 5) is 15.8. The third-order valence-electron chi connectivity index (χ3n) is 6.12. The van der Waals surface area contributed by atoms with Gasteiger partial charge in [-0.1, -0.05) is 54.6 Å². The molecule has 0 bridgehead atoms. The predicted molar refractivity (Wildman–Crippen MR) is 120 cm³/mol. The number of amides is 1. The van der Waals surface area contributed by atoms with Gasteiger partial charge in [-0.05, 0) is 30.5 Å². The summed E-state index contributed by atoms with van der Waals surface area (Å²) in [5.41, 5.74) is 0.895. The topological polar surface area (TPSA) is 47.2 Å². The molecule has 0 aromatic heterocycles. The Morgan fingerprint density at radius 2 is 1.63 bits per heavy atom. The third-order valence-corrected chi connectivity index (χ3v) is 6.12. The predicted octanol–water partition coefficient (Wildman–Crippen LogP) is 1.03. The second-order valence-corrected chi connectivity index (χ2v) is 8.06. The summed E-state index contributed by atoms with van der Waals surface area (Å²) >= 11 is 0. The van der Waals surface area contributed by atoms with Crippen molar-refractivity contribution in [1.82, 2.24) is 0 Å². The fourth-order valence-corrected chi connectivity index (χ4v) is 4.20. The molecular formula is C25H31N3O2+2. The zero-order valence-electron chi connectivity index (χ0n) is 17.6. The minimum atomic E-state index is -0.0638. The molecule has 1 atom stereocenters. The number of hydrogen-bond acceptors (Lipinski definition) is 2. The lowest BCUT2D eigenvalue weighted by atomic mass is 10.1. The number of quaternary nitrogens is 2. The van der Waals surface area contributed by atoms with Crippen molar-refractivity contribution in [1.29, 1.82) is 0 Å². The molecule has 5 heteroatoms. The highest BCUT2D eigenvalue weighted by Gasteiger charge is 2.31. The normalized spacial score (nSPS) is 19.9. The second kappa shape index (κ2) is 9.74. The van der Waals surface area contributed by atoms with Gasteiger partial charge < -0.3 is 19.9 Å². The van der Waals surface area contributed by atoms with Crippen molar-refractivity contribution in [2.75, 3.05) is 44.6 Å². The minimum absolute atomic E-state index is 0.0638. The highest BCUT2D eigenvalue weighted by Crippen LogP contribution is 2.22. The highest BCUT2D eigenvalue weighted by atomic mass is 16.5. The minimum Gasteiger partial charge on any atom is -0.488 e. The largest absolute Gasteiger partial charge is 0.488 e. The molecule has 3 aromatic rings. The highest BCUT2D eigenvalue weighted by molar-refractivity contribution is 6.03. The van der Waals surface area contributed by atoms with Crippen LogP contribution in [0.25, 0.3) is 10.8 Å². The number of piperazine rings is 1. The van der Waals surface area contributed by atoms with Crippen LogP contribution < -0.4 is 19.9 Å². The molecule has 1 aliphatic heterocycles. The van der Waals surface area contributed by atoms with Gasteiger partial charge in [-0.15, -0.1) is 0 Å². The van der Waals surface area contributed by atoms with Crippen molar-refractivity contribution in [3.8, 4) is 5.75 Å². The fraction of sp³-hybridized carbons (Fsp3) is 0.320. The number of rotatable bonds is 7. The first kappa shape index (κ1) is 20.4. The van der Waals surface area contributed by atoms with Crippen LogP contribution in [-0.2, 0) is 4.79 Å². The molecule has 3 aromatic carbocycles. The first-order valence-corrected chi connectivity index (χ1v) is 10.9. The van der Waals surface area contributed by atoms with E-state index in [1.165, 1.54) is 4.90 Å². The van der Waals surface area contributed by atoms with E-state index < -0.39 is 0 Å². The van der Waals surface area contributed by atoms with Crippen molar-refractivity contribution >= 4 is 22.4 Å². The summed E-state index contributed by atoms with van der Waals surface area (Å²) in [6.07, 6.45) is 0. The maximum absolute atomic E-state index is 12.9. The van der Waals surface area contributed by atoms with Gasteiger partial charge in [0.05, 0.1) is 0 Å². The van der Waals surface area contributed by atoms with E-state index in [9.17, 15) is 4.79 Å². The lowest BCUT2D eigenvalue weighted by Crippen LogP contribution is -3.30. The van der Waals surface area contributed by atoms with Gasteiger partial charge in [0.1, 0.15) is 45.1 Å². The molecule has 0 radical (unpaired) electrons. The van der Waals surface area contributed by atoms with Crippen molar-refractivity contribution in [3.63, 3.8) is 0 Å². The van der Waals surface area contributed by atoms with Crippen molar-refractivity contribution in [2.45, 2.75) is 13.0 Å². The fourth-order valence-electron chi connectivity index (χ4n) is 4.20. The maximum atomic E-state index is 12.9. The number of hydrogen-bond donors (Lipinski definition) is 3. The van der Waals surface area contributed by atoms with Gasteiger partial charge in [-0.25, -0.2) is 0 Å². The lowest BCUT2D eigenvalue weighted by Gasteiger charge is -2.32. The number of benzene rings is 3. The second-order valence-electron chi connectivity index (χ2n) is 8.06. The number of anilines is 1. The SMILES string of the molecule is C[C@H](C(=O)Nc1cccc2ccccc12)[NH+]1CC[NH+](CCOc2ccccc2)CC1. The Balaban J connectivity index is 1.25. The first-order chi connectivity index (χ1) is 14.7. The van der Waals surface area contributed by atoms with Gasteiger partial charge in [0.25, 0.3) is 5.91 Å². The van der Waals surface area contributed by atoms with Crippen molar-refractivity contribution < 1.29 is 19.3 Å². The van der Waals surface area contributed by atoms with Crippen LogP contribution in [0.5, 0.6) is 5.75 Å². The first-order valence-electron chi connectivity index (χ1n) is 10.9. The van der Waals surface area contributed by atoms with Crippen LogP contribution in [-0.4, -0.2) is 51.3 Å². The van der Waals surface area contributed by atoms with Gasteiger partial charge in [0, 0.05) is 11.1 Å². The molecule has 0 unspecified atom stereocenters. The molecule has 3 N–H and O–H groups in total. The van der Waals surface area contributed by atoms with E-state index in [2.05, 4.69) is 23.5 Å². The van der Waals surface area contributed by atoms with E-state index in [1.807, 2.05) is 61.5 Å². The molecule has 156 valence electrons. The number of ether oxygens (including phenoxy) is 1. The monoisotopic (exact) mass is 405 g/mol. The van der Waals surface area contributed by atoms with E-state index in [0.717, 1.165) is 61.5 Å². The molecule has 1 aliphatic rings. The van der Waals surface area contributed by atoms with Crippen LogP contribution in [0.4, 0.5) is 5.69 Å². The van der Waals surface area contributed by atoms with Gasteiger partial charge in [-0.3, -0.25) is 4.79 Å². The Hall–Kier alpha value is -2.89. The molecule has 1 saturated heterocycles. The molecule has 1 heterocycles. The number of carbonyl (C=O) groups excluding carboxylic acids is 1. The molecule has 4 rings (SSSR count). The van der Waals surface area contributed by atoms with E-state index in [4.69, 9.17) is 4.74 Å². The Labute approximate surface area is 178 Å². The van der Waals surface area contributed by atoms with E-state index in [-0.39, 0.29) is 11.9 Å². The number of carbonyl (C=O) groups is 1. The number of para-hydroxylation sites is 1. The summed E-state index contributed by atoms with van der Waals surface area (Å²) in [7, 11) is 0. The Bertz CT molecular complexity index is 963. The third kappa shape index (κ3) is 4.99. The van der Waals surface area contributed by atoms with Crippen molar-refractivity contribution in [3.05, 3.63) is 72.8 Å². The van der Waals surface area contributed by atoms with Gasteiger partial charge in [-0.2, -0.15) is 0 Å². The van der Waals surface area contributed by atoms with Crippen LogP contribution in [0, 0.1) is 0 Å². The molecular weight excluding hydrogens is 374 g/mol. The molecule has 0 aliphatic carbocycles. The van der Waals surface area contributed by atoms with Crippen LogP contribution in [0.1, 0.15) is 6.92 Å². The van der Waals surface area contributed by atoms with Gasteiger partial charge >= 0.3 is 0 Å². The van der Waals surface area contributed by atoms with E-state index in [0.29, 0.717) is 0 Å². The molecule has 0 spiro atoms. The summed E-state index contributed by atoms with van der Waals surface area (Å²) in [5, 5.41) is 5.39. The van der Waals surface area contributed by atoms with E-state index >= 15 is 0 Å². The smallest absolute Gasteiger partial charge is 0.282 e. The molecule has 1 amide bonds. The average molecular weight is 406 g/mol. The van der Waals surface area contributed by atoms with Crippen LogP contribution in [0.15, 0.2) is 72.8 Å². The number of fused-ring (bicyclic) bond motifs is 1. The molecule has 0 saturated carbocycles. The standard InChI is InChI=1S/C25H29N3O2/c1-20(25(29)26-24-13-7-9-21-8-5-6-12-23(21)24)28-16-14-27(15-17-28)18-19-30-22-10-3-2-4-11-22/h2-13,20H,14-19H2,1H3,(H,26,29)/p+2/t20-/m1/s1. The van der Waals surface area contributed by atoms with Gasteiger partial charge in [0.2, 0.25) is 0 Å². The molecule has 30 heavy (non-hydrogen) atoms. The van der Waals surface area contributed by atoms with Crippen LogP contribution >= 0.6 is 0 Å². The Morgan fingerprint density at radius 3 is 2.43 bits per heavy atom. The number of nitrogens with one attached hydrogen (secondary N) is 3. The summed E-state index contributed by atoms with van der Waals surface area (Å²) in [6, 6.07) is 24.1. The van der Waals surface area contributed by atoms with Crippen molar-refractivity contribution in [2.24, 2.45) is 0 Å². The quantitative estimate of drug-likeness (QED) is 0.550. The summed E-state index contributed by atoms with van der Waals surface area (Å²) < 4.78 is 5.83.